The van der Waals surface area contributed by atoms with E-state index >= 15 is 0 Å². The van der Waals surface area contributed by atoms with Crippen molar-refractivity contribution in [3.05, 3.63) is 92.3 Å². The zero-order chi connectivity index (χ0) is 35.0. The molecule has 1 unspecified atom stereocenters. The van der Waals surface area contributed by atoms with E-state index in [2.05, 4.69) is 20.5 Å². The van der Waals surface area contributed by atoms with E-state index in [-0.39, 0.29) is 34.5 Å². The van der Waals surface area contributed by atoms with Crippen LogP contribution in [0, 0.1) is 5.82 Å². The van der Waals surface area contributed by atoms with Crippen LogP contribution in [-0.2, 0) is 19.9 Å². The van der Waals surface area contributed by atoms with Gasteiger partial charge in [0, 0.05) is 71.8 Å². The van der Waals surface area contributed by atoms with Gasteiger partial charge in [-0.1, -0.05) is 29.8 Å². The number of thiazole rings is 1. The Morgan fingerprint density at radius 3 is 2.59 bits per heavy atom. The predicted molar refractivity (Wildman–Crippen MR) is 187 cm³/mol. The number of anilines is 1. The molecule has 0 bridgehead atoms. The van der Waals surface area contributed by atoms with Crippen LogP contribution in [0.15, 0.2) is 70.3 Å². The van der Waals surface area contributed by atoms with E-state index in [1.54, 1.807) is 18.0 Å². The molecule has 2 fully saturated rings. The van der Waals surface area contributed by atoms with Crippen molar-refractivity contribution in [1.82, 2.24) is 25.4 Å². The molecule has 1 aromatic heterocycles. The summed E-state index contributed by atoms with van der Waals surface area (Å²) in [5.74, 6) is -0.528. The van der Waals surface area contributed by atoms with Crippen molar-refractivity contribution in [2.75, 3.05) is 44.7 Å². The highest BCUT2D eigenvalue weighted by Gasteiger charge is 2.42. The SMILES string of the molecule is COC(=O)C1=C(CN2CCN3C(=O)N(c4ccc(C(C)(C)NC(C)C(C)=O)cc4)C[C@@H]3C2)NC(c2nccs2)=N[C@H]1c1ccc(F)cc1Cl. The Morgan fingerprint density at radius 1 is 1.18 bits per heavy atom. The number of nitrogens with one attached hydrogen (secondary N) is 2. The third kappa shape index (κ3) is 7.11. The molecule has 14 heteroatoms. The van der Waals surface area contributed by atoms with Crippen LogP contribution in [0.3, 0.4) is 0 Å². The second-order valence-electron chi connectivity index (χ2n) is 13.0. The van der Waals surface area contributed by atoms with Crippen molar-refractivity contribution >= 4 is 52.2 Å². The lowest BCUT2D eigenvalue weighted by atomic mass is 9.92. The molecule has 2 saturated heterocycles. The highest BCUT2D eigenvalue weighted by molar-refractivity contribution is 7.11. The number of Topliss-reactive ketones (excluding diaryl/α,β-unsaturated/α-hetero) is 1. The average molecular weight is 708 g/mol. The number of amides is 2. The minimum atomic E-state index is -0.852. The third-order valence-electron chi connectivity index (χ3n) is 9.33. The molecule has 3 aliphatic heterocycles. The largest absolute Gasteiger partial charge is 0.466 e. The van der Waals surface area contributed by atoms with E-state index in [1.807, 2.05) is 55.3 Å². The molecular weight excluding hydrogens is 669 g/mol. The maximum atomic E-state index is 14.0. The molecule has 0 saturated carbocycles. The van der Waals surface area contributed by atoms with Crippen LogP contribution >= 0.6 is 22.9 Å². The summed E-state index contributed by atoms with van der Waals surface area (Å²) in [5, 5.41) is 9.33. The molecule has 258 valence electrons. The van der Waals surface area contributed by atoms with Crippen LogP contribution in [0.1, 0.15) is 49.9 Å². The van der Waals surface area contributed by atoms with Crippen molar-refractivity contribution in [2.45, 2.75) is 51.4 Å². The standard InChI is InChI=1S/C35H39ClFN7O4S/c1-20(21(2)45)41-35(3,4)22-6-9-24(10-7-22)44-18-25-17-42(13-14-43(25)34(44)47)19-28-29(33(46)48-5)30(26-11-8-23(37)16-27(26)36)40-31(39-28)32-38-12-15-49-32/h6-12,15-16,20,25,30,41H,13-14,17-19H2,1-5H3,(H,39,40)/t20?,25-,30-/m0/s1. The van der Waals surface area contributed by atoms with Crippen molar-refractivity contribution in [3.8, 4) is 0 Å². The van der Waals surface area contributed by atoms with Crippen molar-refractivity contribution in [3.63, 3.8) is 0 Å². The lowest BCUT2D eigenvalue weighted by Crippen LogP contribution is -2.53. The van der Waals surface area contributed by atoms with Gasteiger partial charge in [0.2, 0.25) is 0 Å². The van der Waals surface area contributed by atoms with Gasteiger partial charge in [-0.3, -0.25) is 24.9 Å². The Kier molecular flexibility index (Phi) is 9.90. The molecule has 6 rings (SSSR count). The first-order valence-corrected chi connectivity index (χ1v) is 17.3. The Morgan fingerprint density at radius 2 is 1.94 bits per heavy atom. The first-order chi connectivity index (χ1) is 23.4. The number of halogens is 2. The summed E-state index contributed by atoms with van der Waals surface area (Å²) in [5.41, 5.74) is 2.70. The molecule has 3 atom stereocenters. The van der Waals surface area contributed by atoms with E-state index in [1.165, 1.54) is 36.6 Å². The van der Waals surface area contributed by atoms with Gasteiger partial charge in [0.1, 0.15) is 17.6 Å². The van der Waals surface area contributed by atoms with E-state index in [0.29, 0.717) is 54.8 Å². The van der Waals surface area contributed by atoms with Gasteiger partial charge >= 0.3 is 12.0 Å². The Balaban J connectivity index is 1.22. The van der Waals surface area contributed by atoms with Gasteiger partial charge in [0.25, 0.3) is 0 Å². The number of carbonyl (C=O) groups is 3. The van der Waals surface area contributed by atoms with Gasteiger partial charge in [-0.2, -0.15) is 0 Å². The highest BCUT2D eigenvalue weighted by Crippen LogP contribution is 2.37. The zero-order valence-electron chi connectivity index (χ0n) is 28.0. The number of amidine groups is 1. The fraction of sp³-hybridized carbons (Fsp3) is 0.400. The highest BCUT2D eigenvalue weighted by atomic mass is 35.5. The van der Waals surface area contributed by atoms with Gasteiger partial charge in [-0.05, 0) is 57.5 Å². The molecule has 4 heterocycles. The number of nitrogens with zero attached hydrogens (tertiary/aromatic N) is 5. The van der Waals surface area contributed by atoms with Crippen molar-refractivity contribution in [2.24, 2.45) is 4.99 Å². The summed E-state index contributed by atoms with van der Waals surface area (Å²) in [7, 11) is 1.31. The lowest BCUT2D eigenvalue weighted by molar-refractivity contribution is -0.136. The van der Waals surface area contributed by atoms with Gasteiger partial charge < -0.3 is 15.0 Å². The monoisotopic (exact) mass is 707 g/mol. The van der Waals surface area contributed by atoms with Gasteiger partial charge in [-0.15, -0.1) is 11.3 Å². The van der Waals surface area contributed by atoms with Gasteiger partial charge in [0.05, 0.1) is 24.8 Å². The van der Waals surface area contributed by atoms with Crippen molar-refractivity contribution < 1.29 is 23.5 Å². The molecule has 0 aliphatic carbocycles. The summed E-state index contributed by atoms with van der Waals surface area (Å²) in [6.45, 7) is 10.0. The fourth-order valence-electron chi connectivity index (χ4n) is 6.61. The number of ether oxygens (including phenoxy) is 1. The molecule has 0 radical (unpaired) electrons. The first-order valence-electron chi connectivity index (χ1n) is 16.1. The number of benzene rings is 2. The van der Waals surface area contributed by atoms with Gasteiger partial charge in [-0.25, -0.2) is 19.0 Å². The number of ketones is 1. The van der Waals surface area contributed by atoms with E-state index in [0.717, 1.165) is 11.3 Å². The number of urea groups is 1. The molecule has 3 aliphatic rings. The molecule has 2 N–H and O–H groups in total. The number of piperazine rings is 1. The molecule has 2 aromatic carbocycles. The smallest absolute Gasteiger partial charge is 0.338 e. The number of fused-ring (bicyclic) bond motifs is 1. The minimum absolute atomic E-state index is 0.0468. The first kappa shape index (κ1) is 34.7. The van der Waals surface area contributed by atoms with E-state index < -0.39 is 23.4 Å². The maximum absolute atomic E-state index is 14.0. The molecular formula is C35H39ClFN7O4S. The number of hydrogen-bond donors (Lipinski definition) is 2. The maximum Gasteiger partial charge on any atom is 0.338 e. The number of esters is 1. The summed E-state index contributed by atoms with van der Waals surface area (Å²) in [6.07, 6.45) is 1.67. The Hall–Kier alpha value is -4.17. The van der Waals surface area contributed by atoms with Crippen LogP contribution in [0.5, 0.6) is 0 Å². The van der Waals surface area contributed by atoms with Crippen LogP contribution in [0.2, 0.25) is 5.02 Å². The van der Waals surface area contributed by atoms with Gasteiger partial charge in [0.15, 0.2) is 10.8 Å². The lowest BCUT2D eigenvalue weighted by Gasteiger charge is -2.38. The number of aliphatic imine (C=N–C) groups is 1. The average Bonchev–Trinajstić information content (AvgIpc) is 3.72. The van der Waals surface area contributed by atoms with Crippen LogP contribution in [0.25, 0.3) is 0 Å². The van der Waals surface area contributed by atoms with E-state index in [4.69, 9.17) is 21.3 Å². The van der Waals surface area contributed by atoms with E-state index in [9.17, 15) is 18.8 Å². The number of carbonyl (C=O) groups excluding carboxylic acids is 3. The summed E-state index contributed by atoms with van der Waals surface area (Å²) >= 11 is 7.90. The van der Waals surface area contributed by atoms with Crippen LogP contribution in [0.4, 0.5) is 14.9 Å². The fourth-order valence-corrected chi connectivity index (χ4v) is 7.47. The normalized spacial score (nSPS) is 20.6. The summed E-state index contributed by atoms with van der Waals surface area (Å²) in [4.78, 5) is 53.9. The molecule has 2 amide bonds. The number of hydrogen-bond acceptors (Lipinski definition) is 10. The summed E-state index contributed by atoms with van der Waals surface area (Å²) < 4.78 is 19.2. The summed E-state index contributed by atoms with van der Waals surface area (Å²) in [6, 6.07) is 10.7. The quantitative estimate of drug-likeness (QED) is 0.286. The molecule has 3 aromatic rings. The Bertz CT molecular complexity index is 1810. The predicted octanol–water partition coefficient (Wildman–Crippen LogP) is 4.88. The number of aromatic nitrogens is 1. The topological polar surface area (TPSA) is 119 Å². The van der Waals surface area contributed by atoms with Crippen molar-refractivity contribution in [1.29, 1.82) is 0 Å². The third-order valence-corrected chi connectivity index (χ3v) is 10.4. The second-order valence-corrected chi connectivity index (χ2v) is 14.3. The zero-order valence-corrected chi connectivity index (χ0v) is 29.6. The Labute approximate surface area is 293 Å². The van der Waals surface area contributed by atoms with Crippen LogP contribution in [-0.4, -0.2) is 90.3 Å². The number of methoxy groups -OCH3 is 1. The minimum Gasteiger partial charge on any atom is -0.466 e. The van der Waals surface area contributed by atoms with Crippen LogP contribution < -0.4 is 15.5 Å². The molecule has 49 heavy (non-hydrogen) atoms. The number of rotatable bonds is 10. The second kappa shape index (κ2) is 14.0. The molecule has 11 nitrogen and oxygen atoms in total. The molecule has 0 spiro atoms.